The lowest BCUT2D eigenvalue weighted by Gasteiger charge is -2.27. The van der Waals surface area contributed by atoms with Crippen molar-refractivity contribution in [3.8, 4) is 0 Å². The molecule has 1 saturated heterocycles. The normalized spacial score (nSPS) is 24.5. The first kappa shape index (κ1) is 11.0. The van der Waals surface area contributed by atoms with Crippen molar-refractivity contribution in [1.82, 2.24) is 10.2 Å². The summed E-state index contributed by atoms with van der Waals surface area (Å²) in [7, 11) is 0. The van der Waals surface area contributed by atoms with Crippen LogP contribution in [0.3, 0.4) is 0 Å². The lowest BCUT2D eigenvalue weighted by Crippen LogP contribution is -2.38. The van der Waals surface area contributed by atoms with Crippen molar-refractivity contribution in [2.75, 3.05) is 26.2 Å². The third-order valence-electron chi connectivity index (χ3n) is 3.01. The maximum Gasteiger partial charge on any atom is 0.0119 e. The minimum Gasteiger partial charge on any atom is -0.316 e. The van der Waals surface area contributed by atoms with Crippen LogP contribution in [0.4, 0.5) is 0 Å². The third-order valence-corrected chi connectivity index (χ3v) is 3.01. The summed E-state index contributed by atoms with van der Waals surface area (Å²) in [5, 5.41) is 3.39. The highest BCUT2D eigenvalue weighted by Gasteiger charge is 2.25. The van der Waals surface area contributed by atoms with Gasteiger partial charge in [-0.2, -0.15) is 0 Å². The van der Waals surface area contributed by atoms with Gasteiger partial charge >= 0.3 is 0 Å². The Balaban J connectivity index is 2.23. The molecule has 0 amide bonds. The summed E-state index contributed by atoms with van der Waals surface area (Å²) in [6, 6.07) is 0.846. The molecule has 2 heteroatoms. The summed E-state index contributed by atoms with van der Waals surface area (Å²) in [4.78, 5) is 2.65. The molecule has 0 saturated carbocycles. The zero-order valence-electron chi connectivity index (χ0n) is 9.34. The average Bonchev–Trinajstić information content (AvgIpc) is 2.53. The highest BCUT2D eigenvalue weighted by Crippen LogP contribution is 2.22. The van der Waals surface area contributed by atoms with Crippen LogP contribution in [0.25, 0.3) is 0 Å². The number of nitrogens with one attached hydrogen (secondary N) is 1. The van der Waals surface area contributed by atoms with Crippen LogP contribution >= 0.6 is 0 Å². The van der Waals surface area contributed by atoms with Crippen LogP contribution in [0.1, 0.15) is 33.6 Å². The molecule has 0 aliphatic carbocycles. The van der Waals surface area contributed by atoms with Crippen molar-refractivity contribution in [1.29, 1.82) is 0 Å². The summed E-state index contributed by atoms with van der Waals surface area (Å²) >= 11 is 0. The van der Waals surface area contributed by atoms with Crippen LogP contribution in [0, 0.1) is 5.92 Å². The minimum atomic E-state index is 0.823. The molecular formula is C11H24N2. The Hall–Kier alpha value is -0.0800. The minimum absolute atomic E-state index is 0.823. The Bertz CT molecular complexity index is 134. The predicted octanol–water partition coefficient (Wildman–Crippen LogP) is 1.72. The molecule has 1 aliphatic rings. The van der Waals surface area contributed by atoms with Gasteiger partial charge in [-0.1, -0.05) is 20.8 Å². The second kappa shape index (κ2) is 5.61. The van der Waals surface area contributed by atoms with E-state index in [9.17, 15) is 0 Å². The molecule has 0 spiro atoms. The lowest BCUT2D eigenvalue weighted by atomic mass is 10.0. The smallest absolute Gasteiger partial charge is 0.0119 e. The van der Waals surface area contributed by atoms with E-state index in [0.717, 1.165) is 25.0 Å². The topological polar surface area (TPSA) is 15.3 Å². The summed E-state index contributed by atoms with van der Waals surface area (Å²) in [6.45, 7) is 11.7. The summed E-state index contributed by atoms with van der Waals surface area (Å²) < 4.78 is 0. The number of likely N-dealkylation sites (tertiary alicyclic amines) is 1. The van der Waals surface area contributed by atoms with Gasteiger partial charge in [0.05, 0.1) is 0 Å². The van der Waals surface area contributed by atoms with Crippen molar-refractivity contribution in [2.45, 2.75) is 39.7 Å². The van der Waals surface area contributed by atoms with E-state index in [1.807, 2.05) is 0 Å². The van der Waals surface area contributed by atoms with Gasteiger partial charge in [0.2, 0.25) is 0 Å². The fourth-order valence-corrected chi connectivity index (χ4v) is 2.28. The first-order valence-electron chi connectivity index (χ1n) is 5.70. The third kappa shape index (κ3) is 3.28. The molecule has 0 bridgehead atoms. The van der Waals surface area contributed by atoms with Gasteiger partial charge < -0.3 is 5.32 Å². The summed E-state index contributed by atoms with van der Waals surface area (Å²) in [5.74, 6) is 0.823. The highest BCUT2D eigenvalue weighted by molar-refractivity contribution is 4.81. The first-order valence-corrected chi connectivity index (χ1v) is 5.70. The van der Waals surface area contributed by atoms with Gasteiger partial charge in [-0.25, -0.2) is 0 Å². The second-order valence-electron chi connectivity index (χ2n) is 4.34. The molecule has 1 unspecified atom stereocenters. The largest absolute Gasteiger partial charge is 0.316 e. The fraction of sp³-hybridized carbons (Fsp3) is 1.00. The van der Waals surface area contributed by atoms with E-state index in [0.29, 0.717) is 0 Å². The second-order valence-corrected chi connectivity index (χ2v) is 4.34. The molecule has 0 radical (unpaired) electrons. The zero-order valence-corrected chi connectivity index (χ0v) is 9.34. The SMILES string of the molecule is CCNCCN1CCCC1C(C)C. The standard InChI is InChI=1S/C11H24N2/c1-4-12-7-9-13-8-5-6-11(13)10(2)3/h10-12H,4-9H2,1-3H3. The van der Waals surface area contributed by atoms with E-state index in [1.165, 1.54) is 25.9 Å². The molecule has 1 atom stereocenters. The monoisotopic (exact) mass is 184 g/mol. The van der Waals surface area contributed by atoms with Gasteiger partial charge in [0.25, 0.3) is 0 Å². The van der Waals surface area contributed by atoms with Gasteiger partial charge in [-0.05, 0) is 31.8 Å². The van der Waals surface area contributed by atoms with Crippen LogP contribution in [0.15, 0.2) is 0 Å². The summed E-state index contributed by atoms with van der Waals surface area (Å²) in [6.07, 6.45) is 2.80. The Morgan fingerprint density at radius 3 is 2.85 bits per heavy atom. The van der Waals surface area contributed by atoms with Gasteiger partial charge in [0.15, 0.2) is 0 Å². The molecule has 1 fully saturated rings. The van der Waals surface area contributed by atoms with E-state index in [-0.39, 0.29) is 0 Å². The molecule has 1 N–H and O–H groups in total. The number of rotatable bonds is 5. The molecule has 1 aliphatic heterocycles. The molecule has 0 aromatic carbocycles. The van der Waals surface area contributed by atoms with Crippen molar-refractivity contribution < 1.29 is 0 Å². The van der Waals surface area contributed by atoms with Gasteiger partial charge in [-0.3, -0.25) is 4.90 Å². The lowest BCUT2D eigenvalue weighted by molar-refractivity contribution is 0.207. The first-order chi connectivity index (χ1) is 6.25. The molecule has 1 rings (SSSR count). The molecule has 13 heavy (non-hydrogen) atoms. The maximum atomic E-state index is 3.39. The molecule has 0 aromatic heterocycles. The fourth-order valence-electron chi connectivity index (χ4n) is 2.28. The van der Waals surface area contributed by atoms with Crippen molar-refractivity contribution in [2.24, 2.45) is 5.92 Å². The van der Waals surface area contributed by atoms with Crippen LogP contribution in [0.2, 0.25) is 0 Å². The number of hydrogen-bond acceptors (Lipinski definition) is 2. The summed E-state index contributed by atoms with van der Waals surface area (Å²) in [5.41, 5.74) is 0. The molecular weight excluding hydrogens is 160 g/mol. The zero-order chi connectivity index (χ0) is 9.68. The van der Waals surface area contributed by atoms with Crippen molar-refractivity contribution in [3.05, 3.63) is 0 Å². The Morgan fingerprint density at radius 1 is 1.46 bits per heavy atom. The van der Waals surface area contributed by atoms with E-state index in [4.69, 9.17) is 0 Å². The number of likely N-dealkylation sites (N-methyl/N-ethyl adjacent to an activating group) is 1. The Kier molecular flexibility index (Phi) is 4.74. The Morgan fingerprint density at radius 2 is 2.23 bits per heavy atom. The number of nitrogens with zero attached hydrogens (tertiary/aromatic N) is 1. The molecule has 0 aromatic rings. The molecule has 78 valence electrons. The van der Waals surface area contributed by atoms with Gasteiger partial charge in [0.1, 0.15) is 0 Å². The van der Waals surface area contributed by atoms with Crippen LogP contribution < -0.4 is 5.32 Å². The quantitative estimate of drug-likeness (QED) is 0.654. The van der Waals surface area contributed by atoms with Gasteiger partial charge in [0, 0.05) is 19.1 Å². The van der Waals surface area contributed by atoms with E-state index in [1.54, 1.807) is 0 Å². The predicted molar refractivity (Wildman–Crippen MR) is 58.0 cm³/mol. The highest BCUT2D eigenvalue weighted by atomic mass is 15.2. The van der Waals surface area contributed by atoms with Crippen molar-refractivity contribution >= 4 is 0 Å². The Labute approximate surface area is 82.7 Å². The molecule has 2 nitrogen and oxygen atoms in total. The van der Waals surface area contributed by atoms with E-state index in [2.05, 4.69) is 31.0 Å². The van der Waals surface area contributed by atoms with E-state index >= 15 is 0 Å². The van der Waals surface area contributed by atoms with Crippen molar-refractivity contribution in [3.63, 3.8) is 0 Å². The van der Waals surface area contributed by atoms with Crippen LogP contribution in [0.5, 0.6) is 0 Å². The maximum absolute atomic E-state index is 3.39. The number of hydrogen-bond donors (Lipinski definition) is 1. The van der Waals surface area contributed by atoms with Crippen LogP contribution in [-0.2, 0) is 0 Å². The van der Waals surface area contributed by atoms with Crippen LogP contribution in [-0.4, -0.2) is 37.1 Å². The molecule has 1 heterocycles. The van der Waals surface area contributed by atoms with Gasteiger partial charge in [-0.15, -0.1) is 0 Å². The average molecular weight is 184 g/mol. The van der Waals surface area contributed by atoms with E-state index < -0.39 is 0 Å².